The van der Waals surface area contributed by atoms with E-state index in [1.807, 2.05) is 24.3 Å². The van der Waals surface area contributed by atoms with Crippen molar-refractivity contribution < 1.29 is 19.5 Å². The summed E-state index contributed by atoms with van der Waals surface area (Å²) in [5.41, 5.74) is 0.807. The Morgan fingerprint density at radius 3 is 2.58 bits per heavy atom. The number of rotatable bonds is 2. The van der Waals surface area contributed by atoms with E-state index in [0.717, 1.165) is 10.0 Å². The molecule has 0 spiro atoms. The second-order valence-corrected chi connectivity index (χ2v) is 7.56. The normalized spacial score (nSPS) is 21.1. The van der Waals surface area contributed by atoms with Gasteiger partial charge in [0.2, 0.25) is 11.7 Å². The second-order valence-electron chi connectivity index (χ2n) is 6.64. The van der Waals surface area contributed by atoms with E-state index in [-0.39, 0.29) is 11.8 Å². The van der Waals surface area contributed by atoms with Crippen molar-refractivity contribution in [1.29, 1.82) is 0 Å². The van der Waals surface area contributed by atoms with Gasteiger partial charge in [-0.3, -0.25) is 0 Å². The lowest BCUT2D eigenvalue weighted by atomic mass is 9.89. The number of benzene rings is 1. The third-order valence-corrected chi connectivity index (χ3v) is 4.87. The summed E-state index contributed by atoms with van der Waals surface area (Å²) >= 11 is 3.38. The van der Waals surface area contributed by atoms with Crippen LogP contribution in [0.3, 0.4) is 0 Å². The Bertz CT molecular complexity index is 955. The van der Waals surface area contributed by atoms with E-state index >= 15 is 0 Å². The van der Waals surface area contributed by atoms with Crippen molar-refractivity contribution in [2.75, 3.05) is 0 Å². The molecule has 0 saturated heterocycles. The molecule has 0 unspecified atom stereocenters. The number of aliphatic hydroxyl groups is 2. The van der Waals surface area contributed by atoms with Crippen molar-refractivity contribution in [3.8, 4) is 28.7 Å². The molecule has 8 heteroatoms. The molecule has 0 fully saturated rings. The van der Waals surface area contributed by atoms with Gasteiger partial charge in [-0.25, -0.2) is 4.98 Å². The van der Waals surface area contributed by atoms with Gasteiger partial charge in [0.15, 0.2) is 0 Å². The molecule has 2 atom stereocenters. The van der Waals surface area contributed by atoms with E-state index in [4.69, 9.17) is 9.26 Å². The van der Waals surface area contributed by atoms with Crippen LogP contribution in [0.4, 0.5) is 0 Å². The zero-order valence-electron chi connectivity index (χ0n) is 14.0. The van der Waals surface area contributed by atoms with Crippen LogP contribution in [0.5, 0.6) is 5.88 Å². The molecule has 1 aliphatic rings. The van der Waals surface area contributed by atoms with Crippen molar-refractivity contribution in [3.63, 3.8) is 0 Å². The summed E-state index contributed by atoms with van der Waals surface area (Å²) < 4.78 is 12.0. The van der Waals surface area contributed by atoms with Gasteiger partial charge in [0.05, 0.1) is 5.56 Å². The first kappa shape index (κ1) is 17.1. The number of hydrogen-bond donors (Lipinski definition) is 2. The maximum atomic E-state index is 10.4. The molecule has 0 amide bonds. The van der Waals surface area contributed by atoms with Gasteiger partial charge >= 0.3 is 0 Å². The Balaban J connectivity index is 1.69. The van der Waals surface area contributed by atoms with Crippen molar-refractivity contribution in [1.82, 2.24) is 15.1 Å². The summed E-state index contributed by atoms with van der Waals surface area (Å²) in [4.78, 5) is 8.63. The van der Waals surface area contributed by atoms with Crippen molar-refractivity contribution >= 4 is 15.9 Å². The lowest BCUT2D eigenvalue weighted by Crippen LogP contribution is -2.49. The molecule has 7 nitrogen and oxygen atoms in total. The lowest BCUT2D eigenvalue weighted by Gasteiger charge is -2.39. The van der Waals surface area contributed by atoms with Crippen LogP contribution >= 0.6 is 15.9 Å². The largest absolute Gasteiger partial charge is 0.468 e. The predicted molar refractivity (Wildman–Crippen MR) is 96.3 cm³/mol. The fourth-order valence-corrected chi connectivity index (χ4v) is 3.06. The summed E-state index contributed by atoms with van der Waals surface area (Å²) in [5.74, 6) is 0.997. The number of hydrogen-bond acceptors (Lipinski definition) is 7. The van der Waals surface area contributed by atoms with E-state index in [1.54, 1.807) is 19.9 Å². The summed E-state index contributed by atoms with van der Waals surface area (Å²) in [6.07, 6.45) is -0.652. The van der Waals surface area contributed by atoms with Crippen molar-refractivity contribution in [2.45, 2.75) is 31.7 Å². The molecule has 3 heterocycles. The average Bonchev–Trinajstić information content (AvgIpc) is 3.10. The molecule has 0 bridgehead atoms. The first-order chi connectivity index (χ1) is 12.3. The highest BCUT2D eigenvalue weighted by Crippen LogP contribution is 2.39. The van der Waals surface area contributed by atoms with E-state index < -0.39 is 17.8 Å². The van der Waals surface area contributed by atoms with E-state index in [0.29, 0.717) is 17.0 Å². The Kier molecular flexibility index (Phi) is 4.06. The van der Waals surface area contributed by atoms with Gasteiger partial charge in [-0.05, 0) is 44.2 Å². The summed E-state index contributed by atoms with van der Waals surface area (Å²) in [6.45, 7) is 3.39. The first-order valence-electron chi connectivity index (χ1n) is 8.00. The minimum Gasteiger partial charge on any atom is -0.468 e. The van der Waals surface area contributed by atoms with Crippen LogP contribution in [0.1, 0.15) is 25.5 Å². The van der Waals surface area contributed by atoms with Gasteiger partial charge in [-0.2, -0.15) is 4.98 Å². The van der Waals surface area contributed by atoms with Gasteiger partial charge in [-0.1, -0.05) is 21.1 Å². The number of aromatic nitrogens is 3. The summed E-state index contributed by atoms with van der Waals surface area (Å²) in [6, 6.07) is 9.18. The zero-order valence-corrected chi connectivity index (χ0v) is 15.6. The highest BCUT2D eigenvalue weighted by atomic mass is 79.9. The SMILES string of the molecule is CC1(C)Oc2ncc(-c3nc(-c4ccc(Br)cc4)no3)cc2[C@H](O)[C@H]1O. The smallest absolute Gasteiger partial charge is 0.259 e. The molecular weight excluding hydrogens is 402 g/mol. The molecule has 134 valence electrons. The first-order valence-corrected chi connectivity index (χ1v) is 8.79. The van der Waals surface area contributed by atoms with Crippen LogP contribution in [-0.4, -0.2) is 37.0 Å². The standard InChI is InChI=1S/C18H16BrN3O4/c1-18(2)14(24)13(23)12-7-10(8-20-17(12)25-18)16-21-15(22-26-16)9-3-5-11(19)6-4-9/h3-8,13-14,23-24H,1-2H3/t13-,14+/m0/s1. The molecule has 4 rings (SSSR count). The Morgan fingerprint density at radius 2 is 1.85 bits per heavy atom. The molecule has 0 saturated carbocycles. The van der Waals surface area contributed by atoms with Gasteiger partial charge in [0.1, 0.15) is 17.8 Å². The minimum absolute atomic E-state index is 0.268. The van der Waals surface area contributed by atoms with Gasteiger partial charge in [-0.15, -0.1) is 0 Å². The van der Waals surface area contributed by atoms with E-state index in [1.165, 1.54) is 6.20 Å². The monoisotopic (exact) mass is 417 g/mol. The molecule has 2 N–H and O–H groups in total. The molecule has 26 heavy (non-hydrogen) atoms. The van der Waals surface area contributed by atoms with Crippen LogP contribution in [0.15, 0.2) is 45.5 Å². The molecule has 0 aliphatic carbocycles. The summed E-state index contributed by atoms with van der Waals surface area (Å²) in [5, 5.41) is 24.6. The number of ether oxygens (including phenoxy) is 1. The number of pyridine rings is 1. The van der Waals surface area contributed by atoms with Crippen molar-refractivity contribution in [3.05, 3.63) is 46.6 Å². The second kappa shape index (κ2) is 6.15. The molecule has 3 aromatic rings. The van der Waals surface area contributed by atoms with Gasteiger partial charge in [0.25, 0.3) is 5.89 Å². The van der Waals surface area contributed by atoms with Crippen LogP contribution < -0.4 is 4.74 Å². The Labute approximate surface area is 157 Å². The zero-order chi connectivity index (χ0) is 18.5. The molecule has 2 aromatic heterocycles. The Hall–Kier alpha value is -2.29. The number of fused-ring (bicyclic) bond motifs is 1. The Morgan fingerprint density at radius 1 is 1.12 bits per heavy atom. The molecule has 1 aromatic carbocycles. The summed E-state index contributed by atoms with van der Waals surface area (Å²) in [7, 11) is 0. The quantitative estimate of drug-likeness (QED) is 0.660. The average molecular weight is 418 g/mol. The third kappa shape index (κ3) is 2.90. The third-order valence-electron chi connectivity index (χ3n) is 4.34. The van der Waals surface area contributed by atoms with Crippen LogP contribution in [0, 0.1) is 0 Å². The highest BCUT2D eigenvalue weighted by molar-refractivity contribution is 9.10. The highest BCUT2D eigenvalue weighted by Gasteiger charge is 2.43. The van der Waals surface area contributed by atoms with E-state index in [2.05, 4.69) is 31.1 Å². The fraction of sp³-hybridized carbons (Fsp3) is 0.278. The fourth-order valence-electron chi connectivity index (χ4n) is 2.80. The van der Waals surface area contributed by atoms with Crippen LogP contribution in [0.25, 0.3) is 22.8 Å². The van der Waals surface area contributed by atoms with E-state index in [9.17, 15) is 10.2 Å². The van der Waals surface area contributed by atoms with Gasteiger partial charge in [0, 0.05) is 21.8 Å². The predicted octanol–water partition coefficient (Wildman–Crippen LogP) is 3.13. The van der Waals surface area contributed by atoms with Crippen LogP contribution in [0.2, 0.25) is 0 Å². The number of halogens is 1. The topological polar surface area (TPSA) is 102 Å². The minimum atomic E-state index is -1.12. The maximum absolute atomic E-state index is 10.4. The molecular formula is C18H16BrN3O4. The van der Waals surface area contributed by atoms with Gasteiger partial charge < -0.3 is 19.5 Å². The molecule has 1 aliphatic heterocycles. The molecule has 0 radical (unpaired) electrons. The van der Waals surface area contributed by atoms with Crippen molar-refractivity contribution in [2.24, 2.45) is 0 Å². The lowest BCUT2D eigenvalue weighted by molar-refractivity contribution is -0.113. The number of nitrogens with zero attached hydrogens (tertiary/aromatic N) is 3. The number of aliphatic hydroxyl groups excluding tert-OH is 2. The van der Waals surface area contributed by atoms with Crippen LogP contribution in [-0.2, 0) is 0 Å². The maximum Gasteiger partial charge on any atom is 0.259 e.